The SMILES string of the molecule is Cc1nc(C(=O)NCCCCC(F)(F)F)n[nH]1. The Hall–Kier alpha value is -1.60. The number of aromatic nitrogens is 3. The molecule has 0 spiro atoms. The van der Waals surface area contributed by atoms with Crippen LogP contribution in [0.4, 0.5) is 13.2 Å². The number of unbranched alkanes of at least 4 members (excludes halogenated alkanes) is 1. The molecule has 1 amide bonds. The largest absolute Gasteiger partial charge is 0.389 e. The van der Waals surface area contributed by atoms with Crippen LogP contribution in [0, 0.1) is 6.92 Å². The predicted octanol–water partition coefficient (Wildman–Crippen LogP) is 1.58. The van der Waals surface area contributed by atoms with E-state index in [-0.39, 0.29) is 25.2 Å². The van der Waals surface area contributed by atoms with E-state index in [1.807, 2.05) is 0 Å². The molecule has 0 radical (unpaired) electrons. The van der Waals surface area contributed by atoms with E-state index < -0.39 is 18.5 Å². The quantitative estimate of drug-likeness (QED) is 0.779. The number of aryl methyl sites for hydroxylation is 1. The molecule has 0 unspecified atom stereocenters. The van der Waals surface area contributed by atoms with Crippen molar-refractivity contribution in [3.63, 3.8) is 0 Å². The third-order valence-corrected chi connectivity index (χ3v) is 1.97. The fraction of sp³-hybridized carbons (Fsp3) is 0.667. The number of rotatable bonds is 5. The van der Waals surface area contributed by atoms with Crippen molar-refractivity contribution >= 4 is 5.91 Å². The minimum absolute atomic E-state index is 0.00155. The summed E-state index contributed by atoms with van der Waals surface area (Å²) >= 11 is 0. The topological polar surface area (TPSA) is 70.7 Å². The first kappa shape index (κ1) is 13.5. The molecule has 96 valence electrons. The molecule has 17 heavy (non-hydrogen) atoms. The van der Waals surface area contributed by atoms with Gasteiger partial charge < -0.3 is 5.32 Å². The smallest absolute Gasteiger partial charge is 0.349 e. The van der Waals surface area contributed by atoms with Gasteiger partial charge in [-0.1, -0.05) is 0 Å². The average Bonchev–Trinajstić information content (AvgIpc) is 2.62. The highest BCUT2D eigenvalue weighted by Gasteiger charge is 2.25. The van der Waals surface area contributed by atoms with E-state index in [2.05, 4.69) is 20.5 Å². The van der Waals surface area contributed by atoms with Gasteiger partial charge >= 0.3 is 6.18 Å². The van der Waals surface area contributed by atoms with Crippen LogP contribution in [0.1, 0.15) is 35.7 Å². The molecule has 1 aromatic heterocycles. The number of carbonyl (C=O) groups excluding carboxylic acids is 1. The third-order valence-electron chi connectivity index (χ3n) is 1.97. The summed E-state index contributed by atoms with van der Waals surface area (Å²) in [5, 5.41) is 8.57. The lowest BCUT2D eigenvalue weighted by Gasteiger charge is -2.05. The lowest BCUT2D eigenvalue weighted by atomic mass is 10.2. The second-order valence-electron chi connectivity index (χ2n) is 3.57. The van der Waals surface area contributed by atoms with Gasteiger partial charge in [-0.15, -0.1) is 5.10 Å². The first-order valence-corrected chi connectivity index (χ1v) is 5.12. The van der Waals surface area contributed by atoms with Crippen molar-refractivity contribution in [3.8, 4) is 0 Å². The maximum atomic E-state index is 11.8. The number of amides is 1. The van der Waals surface area contributed by atoms with Gasteiger partial charge in [-0.25, -0.2) is 4.98 Å². The van der Waals surface area contributed by atoms with E-state index in [9.17, 15) is 18.0 Å². The van der Waals surface area contributed by atoms with Crippen LogP contribution in [-0.4, -0.2) is 33.8 Å². The lowest BCUT2D eigenvalue weighted by Crippen LogP contribution is -2.25. The first-order valence-electron chi connectivity index (χ1n) is 5.12. The minimum Gasteiger partial charge on any atom is -0.349 e. The van der Waals surface area contributed by atoms with Crippen LogP contribution in [0.15, 0.2) is 0 Å². The summed E-state index contributed by atoms with van der Waals surface area (Å²) in [4.78, 5) is 15.1. The van der Waals surface area contributed by atoms with Gasteiger partial charge in [-0.05, 0) is 19.8 Å². The Morgan fingerprint density at radius 3 is 2.65 bits per heavy atom. The monoisotopic (exact) mass is 250 g/mol. The number of aromatic amines is 1. The average molecular weight is 250 g/mol. The number of hydrogen-bond donors (Lipinski definition) is 2. The standard InChI is InChI=1S/C9H13F3N4O/c1-6-14-7(16-15-6)8(17)13-5-3-2-4-9(10,11)12/h2-5H2,1H3,(H,13,17)(H,14,15,16). The summed E-state index contributed by atoms with van der Waals surface area (Å²) in [6, 6.07) is 0. The van der Waals surface area contributed by atoms with Crippen molar-refractivity contribution < 1.29 is 18.0 Å². The zero-order chi connectivity index (χ0) is 12.9. The van der Waals surface area contributed by atoms with Crippen LogP contribution in [-0.2, 0) is 0 Å². The van der Waals surface area contributed by atoms with E-state index in [0.717, 1.165) is 0 Å². The highest BCUT2D eigenvalue weighted by molar-refractivity contribution is 5.90. The molecule has 0 aliphatic carbocycles. The molecule has 0 aromatic carbocycles. The van der Waals surface area contributed by atoms with Gasteiger partial charge in [0.05, 0.1) is 0 Å². The Morgan fingerprint density at radius 2 is 2.12 bits per heavy atom. The fourth-order valence-electron chi connectivity index (χ4n) is 1.18. The lowest BCUT2D eigenvalue weighted by molar-refractivity contribution is -0.135. The predicted molar refractivity (Wildman–Crippen MR) is 53.4 cm³/mol. The molecule has 2 N–H and O–H groups in total. The molecular weight excluding hydrogens is 237 g/mol. The van der Waals surface area contributed by atoms with Gasteiger partial charge in [-0.2, -0.15) is 13.2 Å². The van der Waals surface area contributed by atoms with Crippen molar-refractivity contribution in [2.24, 2.45) is 0 Å². The Labute approximate surface area is 95.8 Å². The number of alkyl halides is 3. The van der Waals surface area contributed by atoms with Gasteiger partial charge in [0.15, 0.2) is 0 Å². The number of halogens is 3. The highest BCUT2D eigenvalue weighted by Crippen LogP contribution is 2.21. The number of nitrogens with one attached hydrogen (secondary N) is 2. The Bertz CT molecular complexity index is 375. The van der Waals surface area contributed by atoms with Crippen LogP contribution >= 0.6 is 0 Å². The molecule has 0 aliphatic heterocycles. The maximum absolute atomic E-state index is 11.8. The molecule has 0 saturated carbocycles. The first-order chi connectivity index (χ1) is 7.88. The van der Waals surface area contributed by atoms with Crippen molar-refractivity contribution in [2.75, 3.05) is 6.54 Å². The zero-order valence-corrected chi connectivity index (χ0v) is 9.26. The van der Waals surface area contributed by atoms with Gasteiger partial charge in [-0.3, -0.25) is 9.89 Å². The minimum atomic E-state index is -4.13. The van der Waals surface area contributed by atoms with Crippen molar-refractivity contribution in [2.45, 2.75) is 32.4 Å². The second-order valence-corrected chi connectivity index (χ2v) is 3.57. The molecule has 1 rings (SSSR count). The number of hydrogen-bond acceptors (Lipinski definition) is 3. The molecule has 0 aliphatic rings. The summed E-state index contributed by atoms with van der Waals surface area (Å²) < 4.78 is 35.4. The van der Waals surface area contributed by atoms with Gasteiger partial charge in [0.25, 0.3) is 5.91 Å². The summed E-state index contributed by atoms with van der Waals surface area (Å²) in [5.74, 6) is 0.0203. The molecule has 8 heteroatoms. The number of H-pyrrole nitrogens is 1. The fourth-order valence-corrected chi connectivity index (χ4v) is 1.18. The normalized spacial score (nSPS) is 11.5. The Morgan fingerprint density at radius 1 is 1.41 bits per heavy atom. The summed E-state index contributed by atoms with van der Waals surface area (Å²) in [5.41, 5.74) is 0. The van der Waals surface area contributed by atoms with Crippen LogP contribution in [0.25, 0.3) is 0 Å². The van der Waals surface area contributed by atoms with E-state index in [4.69, 9.17) is 0 Å². The van der Waals surface area contributed by atoms with Crippen LogP contribution < -0.4 is 5.32 Å². The number of carbonyl (C=O) groups is 1. The molecule has 0 saturated heterocycles. The van der Waals surface area contributed by atoms with Crippen LogP contribution in [0.3, 0.4) is 0 Å². The van der Waals surface area contributed by atoms with Crippen molar-refractivity contribution in [1.29, 1.82) is 0 Å². The Kier molecular flexibility index (Phi) is 4.47. The molecule has 1 heterocycles. The molecule has 0 bridgehead atoms. The van der Waals surface area contributed by atoms with Crippen molar-refractivity contribution in [3.05, 3.63) is 11.6 Å². The molecule has 1 aromatic rings. The highest BCUT2D eigenvalue weighted by atomic mass is 19.4. The zero-order valence-electron chi connectivity index (χ0n) is 9.26. The van der Waals surface area contributed by atoms with E-state index in [1.165, 1.54) is 0 Å². The molecule has 0 atom stereocenters. The Balaban J connectivity index is 2.17. The van der Waals surface area contributed by atoms with E-state index >= 15 is 0 Å². The van der Waals surface area contributed by atoms with Gasteiger partial charge in [0, 0.05) is 13.0 Å². The summed E-state index contributed by atoms with van der Waals surface area (Å²) in [6.07, 6.45) is -4.70. The van der Waals surface area contributed by atoms with Crippen LogP contribution in [0.2, 0.25) is 0 Å². The third kappa shape index (κ3) is 5.32. The van der Waals surface area contributed by atoms with Gasteiger partial charge in [0.2, 0.25) is 5.82 Å². The molecular formula is C9H13F3N4O. The summed E-state index contributed by atoms with van der Waals surface area (Å²) in [6.45, 7) is 1.83. The van der Waals surface area contributed by atoms with Crippen LogP contribution in [0.5, 0.6) is 0 Å². The van der Waals surface area contributed by atoms with Crippen molar-refractivity contribution in [1.82, 2.24) is 20.5 Å². The summed E-state index contributed by atoms with van der Waals surface area (Å²) in [7, 11) is 0. The van der Waals surface area contributed by atoms with E-state index in [0.29, 0.717) is 5.82 Å². The van der Waals surface area contributed by atoms with E-state index in [1.54, 1.807) is 6.92 Å². The number of nitrogens with zero attached hydrogens (tertiary/aromatic N) is 2. The molecule has 5 nitrogen and oxygen atoms in total. The second kappa shape index (κ2) is 5.65. The van der Waals surface area contributed by atoms with Gasteiger partial charge in [0.1, 0.15) is 5.82 Å². The molecule has 0 fully saturated rings. The maximum Gasteiger partial charge on any atom is 0.389 e.